The van der Waals surface area contributed by atoms with E-state index >= 15 is 0 Å². The molecule has 0 fully saturated rings. The average Bonchev–Trinajstić information content (AvgIpc) is 2.61. The van der Waals surface area contributed by atoms with Crippen molar-refractivity contribution in [1.82, 2.24) is 0 Å². The van der Waals surface area contributed by atoms with E-state index in [1.165, 1.54) is 39.5 Å². The number of sulfonamides is 1. The van der Waals surface area contributed by atoms with Crippen molar-refractivity contribution in [3.63, 3.8) is 0 Å². The Hall–Kier alpha value is -3.01. The second-order valence-corrected chi connectivity index (χ2v) is 7.18. The fourth-order valence-corrected chi connectivity index (χ4v) is 2.89. The average molecular weight is 398 g/mol. The van der Waals surface area contributed by atoms with E-state index in [-0.39, 0.29) is 28.4 Å². The molecular weight excluding hydrogens is 379 g/mol. The molecule has 0 saturated heterocycles. The van der Waals surface area contributed by atoms with Gasteiger partial charge in [0.25, 0.3) is 5.91 Å². The number of carbonyl (C=O) groups is 1. The summed E-state index contributed by atoms with van der Waals surface area (Å²) in [6.45, 7) is 0. The van der Waals surface area contributed by atoms with Crippen LogP contribution in [0.15, 0.2) is 30.3 Å². The molecule has 0 aliphatic heterocycles. The largest absolute Gasteiger partial charge is 0.493 e. The van der Waals surface area contributed by atoms with Crippen LogP contribution in [0.2, 0.25) is 0 Å². The summed E-state index contributed by atoms with van der Waals surface area (Å²) in [6.07, 6.45) is 0.946. The molecule has 2 rings (SSSR count). The topological polar surface area (TPSA) is 103 Å². The number of ether oxygens (including phenoxy) is 3. The molecule has 8 nitrogen and oxygen atoms in total. The van der Waals surface area contributed by atoms with Crippen LogP contribution in [0, 0.1) is 5.82 Å². The van der Waals surface area contributed by atoms with Crippen molar-refractivity contribution >= 4 is 27.3 Å². The van der Waals surface area contributed by atoms with Crippen molar-refractivity contribution in [2.75, 3.05) is 37.6 Å². The zero-order chi connectivity index (χ0) is 20.2. The van der Waals surface area contributed by atoms with Gasteiger partial charge in [-0.1, -0.05) is 0 Å². The highest BCUT2D eigenvalue weighted by atomic mass is 32.2. The Kier molecular flexibility index (Phi) is 6.11. The van der Waals surface area contributed by atoms with Gasteiger partial charge in [0, 0.05) is 5.56 Å². The highest BCUT2D eigenvalue weighted by Gasteiger charge is 2.18. The fraction of sp³-hybridized carbons (Fsp3) is 0.235. The quantitative estimate of drug-likeness (QED) is 0.743. The molecule has 0 spiro atoms. The molecule has 0 unspecified atom stereocenters. The zero-order valence-electron chi connectivity index (χ0n) is 15.1. The van der Waals surface area contributed by atoms with E-state index in [2.05, 4.69) is 10.0 Å². The highest BCUT2D eigenvalue weighted by Crippen LogP contribution is 2.38. The Morgan fingerprint density at radius 3 is 2.04 bits per heavy atom. The van der Waals surface area contributed by atoms with Crippen LogP contribution in [0.4, 0.5) is 15.8 Å². The molecule has 0 aliphatic rings. The summed E-state index contributed by atoms with van der Waals surface area (Å²) in [6, 6.07) is 6.12. The van der Waals surface area contributed by atoms with Gasteiger partial charge in [-0.25, -0.2) is 12.8 Å². The second-order valence-electron chi connectivity index (χ2n) is 5.43. The first-order valence-corrected chi connectivity index (χ1v) is 9.46. The normalized spacial score (nSPS) is 10.9. The Bertz CT molecular complexity index is 937. The highest BCUT2D eigenvalue weighted by molar-refractivity contribution is 7.92. The van der Waals surface area contributed by atoms with Crippen molar-refractivity contribution in [1.29, 1.82) is 0 Å². The summed E-state index contributed by atoms with van der Waals surface area (Å²) in [5.74, 6) is -0.446. The molecule has 1 amide bonds. The summed E-state index contributed by atoms with van der Waals surface area (Å²) in [5.41, 5.74) is 0.123. The Labute approximate surface area is 156 Å². The minimum atomic E-state index is -3.62. The SMILES string of the molecule is COc1cc(C(=O)Nc2cc(F)ccc2NS(C)(=O)=O)cc(OC)c1OC. The lowest BCUT2D eigenvalue weighted by Crippen LogP contribution is -2.16. The van der Waals surface area contributed by atoms with Gasteiger partial charge < -0.3 is 19.5 Å². The van der Waals surface area contributed by atoms with E-state index < -0.39 is 21.7 Å². The third-order valence-electron chi connectivity index (χ3n) is 3.45. The van der Waals surface area contributed by atoms with Gasteiger partial charge in [-0.05, 0) is 30.3 Å². The van der Waals surface area contributed by atoms with Crippen LogP contribution in [0.3, 0.4) is 0 Å². The number of anilines is 2. The minimum Gasteiger partial charge on any atom is -0.493 e. The van der Waals surface area contributed by atoms with Gasteiger partial charge in [-0.3, -0.25) is 9.52 Å². The van der Waals surface area contributed by atoms with Gasteiger partial charge in [0.1, 0.15) is 5.82 Å². The van der Waals surface area contributed by atoms with Crippen LogP contribution in [0.1, 0.15) is 10.4 Å². The molecule has 10 heteroatoms. The molecule has 0 aromatic heterocycles. The Balaban J connectivity index is 2.42. The number of rotatable bonds is 7. The first kappa shape index (κ1) is 20.3. The molecule has 0 bridgehead atoms. The van der Waals surface area contributed by atoms with E-state index in [4.69, 9.17) is 14.2 Å². The lowest BCUT2D eigenvalue weighted by Gasteiger charge is -2.15. The number of benzene rings is 2. The van der Waals surface area contributed by atoms with Crippen LogP contribution in [-0.2, 0) is 10.0 Å². The fourth-order valence-electron chi connectivity index (χ4n) is 2.32. The predicted molar refractivity (Wildman–Crippen MR) is 98.9 cm³/mol. The second kappa shape index (κ2) is 8.12. The number of carbonyl (C=O) groups excluding carboxylic acids is 1. The molecule has 0 heterocycles. The molecule has 0 radical (unpaired) electrons. The molecule has 0 atom stereocenters. The van der Waals surface area contributed by atoms with Gasteiger partial charge in [0.2, 0.25) is 15.8 Å². The van der Waals surface area contributed by atoms with Gasteiger partial charge in [-0.2, -0.15) is 0 Å². The van der Waals surface area contributed by atoms with Crippen molar-refractivity contribution in [2.45, 2.75) is 0 Å². The van der Waals surface area contributed by atoms with Gasteiger partial charge >= 0.3 is 0 Å². The zero-order valence-corrected chi connectivity index (χ0v) is 15.9. The lowest BCUT2D eigenvalue weighted by molar-refractivity contribution is 0.102. The third kappa shape index (κ3) is 5.00. The Morgan fingerprint density at radius 1 is 0.963 bits per heavy atom. The monoisotopic (exact) mass is 398 g/mol. The molecule has 2 N–H and O–H groups in total. The van der Waals surface area contributed by atoms with Crippen molar-refractivity contribution in [2.24, 2.45) is 0 Å². The van der Waals surface area contributed by atoms with Gasteiger partial charge in [0.05, 0.1) is 39.0 Å². The smallest absolute Gasteiger partial charge is 0.256 e. The number of nitrogens with one attached hydrogen (secondary N) is 2. The maximum Gasteiger partial charge on any atom is 0.256 e. The van der Waals surface area contributed by atoms with E-state index in [1.54, 1.807) is 0 Å². The molecule has 2 aromatic rings. The first-order chi connectivity index (χ1) is 12.7. The molecule has 0 aliphatic carbocycles. The molecule has 0 saturated carbocycles. The molecule has 27 heavy (non-hydrogen) atoms. The van der Waals surface area contributed by atoms with Gasteiger partial charge in [0.15, 0.2) is 11.5 Å². The van der Waals surface area contributed by atoms with Gasteiger partial charge in [-0.15, -0.1) is 0 Å². The maximum atomic E-state index is 13.6. The van der Waals surface area contributed by atoms with E-state index in [9.17, 15) is 17.6 Å². The predicted octanol–water partition coefficient (Wildman–Crippen LogP) is 2.48. The lowest BCUT2D eigenvalue weighted by atomic mass is 10.1. The standard InChI is InChI=1S/C17H19FN2O6S/c1-24-14-7-10(8-15(25-2)16(14)26-3)17(21)19-13-9-11(18)5-6-12(13)20-27(4,22)23/h5-9,20H,1-4H3,(H,19,21). The summed E-state index contributed by atoms with van der Waals surface area (Å²) in [7, 11) is 0.608. The third-order valence-corrected chi connectivity index (χ3v) is 4.04. The summed E-state index contributed by atoms with van der Waals surface area (Å²) < 4.78 is 54.3. The number of halogens is 1. The van der Waals surface area contributed by atoms with Crippen molar-refractivity contribution < 1.29 is 31.8 Å². The van der Waals surface area contributed by atoms with Crippen LogP contribution in [0.5, 0.6) is 17.2 Å². The first-order valence-electron chi connectivity index (χ1n) is 7.57. The molecule has 2 aromatic carbocycles. The van der Waals surface area contributed by atoms with Crippen molar-refractivity contribution in [3.05, 3.63) is 41.7 Å². The summed E-state index contributed by atoms with van der Waals surface area (Å²) in [5, 5.41) is 2.47. The molecular formula is C17H19FN2O6S. The van der Waals surface area contributed by atoms with Crippen LogP contribution in [0.25, 0.3) is 0 Å². The number of methoxy groups -OCH3 is 3. The van der Waals surface area contributed by atoms with E-state index in [1.807, 2.05) is 0 Å². The minimum absolute atomic E-state index is 0.0275. The van der Waals surface area contributed by atoms with E-state index in [0.29, 0.717) is 5.75 Å². The van der Waals surface area contributed by atoms with Crippen molar-refractivity contribution in [3.8, 4) is 17.2 Å². The van der Waals surface area contributed by atoms with Crippen LogP contribution in [-0.4, -0.2) is 41.9 Å². The number of hydrogen-bond acceptors (Lipinski definition) is 6. The van der Waals surface area contributed by atoms with E-state index in [0.717, 1.165) is 18.4 Å². The Morgan fingerprint density at radius 2 is 1.56 bits per heavy atom. The number of amides is 1. The van der Waals surface area contributed by atoms with Crippen LogP contribution >= 0.6 is 0 Å². The maximum absolute atomic E-state index is 13.6. The number of hydrogen-bond donors (Lipinski definition) is 2. The summed E-state index contributed by atoms with van der Waals surface area (Å²) in [4.78, 5) is 12.6. The summed E-state index contributed by atoms with van der Waals surface area (Å²) >= 11 is 0. The molecule has 146 valence electrons. The van der Waals surface area contributed by atoms with Crippen LogP contribution < -0.4 is 24.2 Å².